The molecule has 0 radical (unpaired) electrons. The normalized spacial score (nSPS) is 11.4. The van der Waals surface area contributed by atoms with Crippen LogP contribution in [0.3, 0.4) is 0 Å². The first-order valence-corrected chi connectivity index (χ1v) is 7.18. The number of sulfone groups is 1. The second-order valence-electron chi connectivity index (χ2n) is 3.75. The van der Waals surface area contributed by atoms with Gasteiger partial charge in [-0.3, -0.25) is 0 Å². The first kappa shape index (κ1) is 14.7. The molecule has 0 saturated heterocycles. The highest BCUT2D eigenvalue weighted by molar-refractivity contribution is 7.91. The number of carboxylic acid groups (broad SMARTS) is 1. The minimum atomic E-state index is -3.51. The molecule has 0 spiro atoms. The van der Waals surface area contributed by atoms with Gasteiger partial charge in [-0.2, -0.15) is 0 Å². The third-order valence-electron chi connectivity index (χ3n) is 2.55. The van der Waals surface area contributed by atoms with Crippen molar-refractivity contribution in [2.75, 3.05) is 19.0 Å². The molecule has 0 unspecified atom stereocenters. The van der Waals surface area contributed by atoms with Crippen LogP contribution in [0.4, 0.5) is 0 Å². The number of ether oxygens (including phenoxy) is 1. The van der Waals surface area contributed by atoms with Crippen molar-refractivity contribution in [1.29, 1.82) is 0 Å². The molecule has 0 aliphatic carbocycles. The Morgan fingerprint density at radius 3 is 2.61 bits per heavy atom. The quantitative estimate of drug-likeness (QED) is 0.794. The molecule has 0 heterocycles. The van der Waals surface area contributed by atoms with Crippen molar-refractivity contribution in [1.82, 2.24) is 0 Å². The summed E-state index contributed by atoms with van der Waals surface area (Å²) in [6, 6.07) is 4.24. The third kappa shape index (κ3) is 3.30. The van der Waals surface area contributed by atoms with Crippen molar-refractivity contribution in [3.63, 3.8) is 0 Å². The van der Waals surface area contributed by atoms with Crippen LogP contribution < -0.4 is 0 Å². The minimum Gasteiger partial charge on any atom is -0.478 e. The highest BCUT2D eigenvalue weighted by Crippen LogP contribution is 2.20. The van der Waals surface area contributed by atoms with Crippen LogP contribution in [0.2, 0.25) is 0 Å². The summed E-state index contributed by atoms with van der Waals surface area (Å²) in [6.07, 6.45) is 0. The number of carbonyl (C=O) groups is 1. The number of benzene rings is 1. The molecule has 0 atom stereocenters. The van der Waals surface area contributed by atoms with Crippen LogP contribution in [0, 0.1) is 6.92 Å². The largest absolute Gasteiger partial charge is 0.478 e. The minimum absolute atomic E-state index is 0.00693. The number of hydrogen-bond donors (Lipinski definition) is 1. The van der Waals surface area contributed by atoms with Crippen LogP contribution in [0.25, 0.3) is 0 Å². The number of hydrogen-bond acceptors (Lipinski definition) is 4. The van der Waals surface area contributed by atoms with E-state index in [1.165, 1.54) is 25.1 Å². The first-order valence-electron chi connectivity index (χ1n) is 5.53. The Morgan fingerprint density at radius 1 is 1.39 bits per heavy atom. The van der Waals surface area contributed by atoms with Gasteiger partial charge in [-0.1, -0.05) is 6.07 Å². The fourth-order valence-corrected chi connectivity index (χ4v) is 3.03. The maximum atomic E-state index is 12.0. The standard InChI is InChI=1S/C12H16O5S/c1-3-17-7-8-18(15,16)11-6-4-5-10(9(11)2)12(13)14/h4-6H,3,7-8H2,1-2H3,(H,13,14). The van der Waals surface area contributed by atoms with Gasteiger partial charge in [0.2, 0.25) is 0 Å². The van der Waals surface area contributed by atoms with Crippen LogP contribution >= 0.6 is 0 Å². The second kappa shape index (κ2) is 5.97. The summed E-state index contributed by atoms with van der Waals surface area (Å²) in [6.45, 7) is 3.83. The van der Waals surface area contributed by atoms with E-state index in [0.717, 1.165) is 0 Å². The van der Waals surface area contributed by atoms with Gasteiger partial charge < -0.3 is 9.84 Å². The molecule has 0 fully saturated rings. The average Bonchev–Trinajstić information content (AvgIpc) is 2.28. The van der Waals surface area contributed by atoms with Crippen molar-refractivity contribution in [3.8, 4) is 0 Å². The molecule has 0 aromatic heterocycles. The lowest BCUT2D eigenvalue weighted by Gasteiger charge is -2.09. The second-order valence-corrected chi connectivity index (χ2v) is 5.83. The Bertz CT molecular complexity index is 533. The molecule has 0 aliphatic rings. The summed E-state index contributed by atoms with van der Waals surface area (Å²) in [7, 11) is -3.51. The third-order valence-corrected chi connectivity index (χ3v) is 4.37. The molecule has 5 nitrogen and oxygen atoms in total. The molecule has 0 aliphatic heterocycles. The van der Waals surface area contributed by atoms with Crippen LogP contribution in [-0.2, 0) is 14.6 Å². The average molecular weight is 272 g/mol. The Hall–Kier alpha value is -1.40. The van der Waals surface area contributed by atoms with E-state index in [4.69, 9.17) is 9.84 Å². The molecule has 0 saturated carbocycles. The lowest BCUT2D eigenvalue weighted by molar-refractivity contribution is 0.0696. The molecular weight excluding hydrogens is 256 g/mol. The van der Waals surface area contributed by atoms with Gasteiger partial charge >= 0.3 is 5.97 Å². The van der Waals surface area contributed by atoms with E-state index in [1.54, 1.807) is 6.92 Å². The lowest BCUT2D eigenvalue weighted by Crippen LogP contribution is -2.15. The van der Waals surface area contributed by atoms with Crippen LogP contribution in [0.5, 0.6) is 0 Å². The summed E-state index contributed by atoms with van der Waals surface area (Å²) in [4.78, 5) is 11.0. The molecular formula is C12H16O5S. The molecule has 100 valence electrons. The molecule has 0 bridgehead atoms. The maximum Gasteiger partial charge on any atom is 0.335 e. The monoisotopic (exact) mass is 272 g/mol. The summed E-state index contributed by atoms with van der Waals surface area (Å²) >= 11 is 0. The first-order chi connectivity index (χ1) is 8.40. The summed E-state index contributed by atoms with van der Waals surface area (Å²) in [5.41, 5.74) is 0.272. The summed E-state index contributed by atoms with van der Waals surface area (Å²) in [5.74, 6) is -1.28. The number of carboxylic acids is 1. The maximum absolute atomic E-state index is 12.0. The Balaban J connectivity index is 3.09. The van der Waals surface area contributed by atoms with E-state index in [1.807, 2.05) is 0 Å². The van der Waals surface area contributed by atoms with Gasteiger partial charge in [0.25, 0.3) is 0 Å². The van der Waals surface area contributed by atoms with E-state index < -0.39 is 15.8 Å². The highest BCUT2D eigenvalue weighted by Gasteiger charge is 2.20. The van der Waals surface area contributed by atoms with E-state index in [0.29, 0.717) is 6.61 Å². The van der Waals surface area contributed by atoms with Gasteiger partial charge in [0.05, 0.1) is 22.8 Å². The molecule has 1 aromatic carbocycles. The van der Waals surface area contributed by atoms with Crippen LogP contribution in [0.1, 0.15) is 22.8 Å². The highest BCUT2D eigenvalue weighted by atomic mass is 32.2. The van der Waals surface area contributed by atoms with Crippen LogP contribution in [0.15, 0.2) is 23.1 Å². The molecule has 1 aromatic rings. The number of aromatic carboxylic acids is 1. The van der Waals surface area contributed by atoms with E-state index in [2.05, 4.69) is 0 Å². The van der Waals surface area contributed by atoms with E-state index >= 15 is 0 Å². The topological polar surface area (TPSA) is 80.7 Å². The molecule has 18 heavy (non-hydrogen) atoms. The van der Waals surface area contributed by atoms with Gasteiger partial charge in [-0.15, -0.1) is 0 Å². The molecule has 6 heteroatoms. The van der Waals surface area contributed by atoms with E-state index in [9.17, 15) is 13.2 Å². The fourth-order valence-electron chi connectivity index (χ4n) is 1.61. The lowest BCUT2D eigenvalue weighted by atomic mass is 10.1. The summed E-state index contributed by atoms with van der Waals surface area (Å²) < 4.78 is 29.1. The van der Waals surface area contributed by atoms with Crippen molar-refractivity contribution < 1.29 is 23.1 Å². The van der Waals surface area contributed by atoms with Gasteiger partial charge in [0.15, 0.2) is 9.84 Å². The smallest absolute Gasteiger partial charge is 0.335 e. The Morgan fingerprint density at radius 2 is 2.06 bits per heavy atom. The molecule has 0 amide bonds. The zero-order valence-electron chi connectivity index (χ0n) is 10.3. The van der Waals surface area contributed by atoms with Crippen LogP contribution in [-0.4, -0.2) is 38.5 Å². The summed E-state index contributed by atoms with van der Waals surface area (Å²) in [5, 5.41) is 8.95. The van der Waals surface area contributed by atoms with Crippen molar-refractivity contribution in [2.45, 2.75) is 18.7 Å². The van der Waals surface area contributed by atoms with Gasteiger partial charge in [0.1, 0.15) is 0 Å². The van der Waals surface area contributed by atoms with Crippen molar-refractivity contribution in [2.24, 2.45) is 0 Å². The fraction of sp³-hybridized carbons (Fsp3) is 0.417. The van der Waals surface area contributed by atoms with Gasteiger partial charge in [-0.05, 0) is 31.5 Å². The van der Waals surface area contributed by atoms with Gasteiger partial charge in [0, 0.05) is 6.61 Å². The SMILES string of the molecule is CCOCCS(=O)(=O)c1cccc(C(=O)O)c1C. The van der Waals surface area contributed by atoms with Gasteiger partial charge in [-0.25, -0.2) is 13.2 Å². The predicted molar refractivity (Wildman–Crippen MR) is 66.7 cm³/mol. The Labute approximate surface area is 106 Å². The number of rotatable bonds is 6. The van der Waals surface area contributed by atoms with E-state index in [-0.39, 0.29) is 28.4 Å². The Kier molecular flexibility index (Phi) is 4.86. The zero-order valence-corrected chi connectivity index (χ0v) is 11.2. The molecule has 1 N–H and O–H groups in total. The van der Waals surface area contributed by atoms with Crippen molar-refractivity contribution in [3.05, 3.63) is 29.3 Å². The predicted octanol–water partition coefficient (Wildman–Crippen LogP) is 1.50. The molecule has 1 rings (SSSR count). The zero-order chi connectivity index (χ0) is 13.8. The van der Waals surface area contributed by atoms with Crippen molar-refractivity contribution >= 4 is 15.8 Å².